The van der Waals surface area contributed by atoms with Gasteiger partial charge in [-0.25, -0.2) is 4.79 Å². The molecule has 146 valence electrons. The molecule has 0 saturated carbocycles. The van der Waals surface area contributed by atoms with Crippen molar-refractivity contribution in [2.75, 3.05) is 20.2 Å². The van der Waals surface area contributed by atoms with Crippen molar-refractivity contribution in [1.82, 2.24) is 10.2 Å². The number of likely N-dealkylation sites (tertiary alicyclic amines) is 1. The summed E-state index contributed by atoms with van der Waals surface area (Å²) in [5.74, 6) is 0.167. The van der Waals surface area contributed by atoms with Gasteiger partial charge in [0.05, 0.1) is 7.11 Å². The quantitative estimate of drug-likeness (QED) is 0.766. The topological polar surface area (TPSA) is 67.9 Å². The standard InChI is InChI=1S/C19H36N2O4/c1-13(2)11-14(16(22)24-8)20-15-9-10-21(12-19(15,6)7)17(23)25-18(3,4)5/h13-15,20H,9-12H2,1-8H3. The number of piperidine rings is 1. The predicted molar refractivity (Wildman–Crippen MR) is 98.4 cm³/mol. The van der Waals surface area contributed by atoms with E-state index in [-0.39, 0.29) is 29.6 Å². The fourth-order valence-electron chi connectivity index (χ4n) is 3.24. The minimum Gasteiger partial charge on any atom is -0.468 e. The summed E-state index contributed by atoms with van der Waals surface area (Å²) >= 11 is 0. The van der Waals surface area contributed by atoms with E-state index in [0.717, 1.165) is 12.8 Å². The van der Waals surface area contributed by atoms with Crippen LogP contribution in [0.3, 0.4) is 0 Å². The fourth-order valence-corrected chi connectivity index (χ4v) is 3.24. The molecular formula is C19H36N2O4. The van der Waals surface area contributed by atoms with Crippen LogP contribution in [0.1, 0.15) is 61.3 Å². The number of esters is 1. The van der Waals surface area contributed by atoms with E-state index in [1.165, 1.54) is 7.11 Å². The van der Waals surface area contributed by atoms with Gasteiger partial charge < -0.3 is 19.7 Å². The lowest BCUT2D eigenvalue weighted by atomic mass is 9.78. The van der Waals surface area contributed by atoms with Gasteiger partial charge in [-0.05, 0) is 44.9 Å². The molecule has 25 heavy (non-hydrogen) atoms. The Morgan fingerprint density at radius 3 is 2.32 bits per heavy atom. The van der Waals surface area contributed by atoms with Crippen LogP contribution < -0.4 is 5.32 Å². The van der Waals surface area contributed by atoms with Crippen molar-refractivity contribution in [3.05, 3.63) is 0 Å². The second kappa shape index (κ2) is 8.39. The molecule has 1 aliphatic heterocycles. The Morgan fingerprint density at radius 2 is 1.88 bits per heavy atom. The molecule has 0 bridgehead atoms. The van der Waals surface area contributed by atoms with E-state index in [1.807, 2.05) is 20.8 Å². The number of nitrogens with zero attached hydrogens (tertiary/aromatic N) is 1. The Morgan fingerprint density at radius 1 is 1.28 bits per heavy atom. The zero-order valence-electron chi connectivity index (χ0n) is 17.1. The van der Waals surface area contributed by atoms with Crippen LogP contribution in [0.5, 0.6) is 0 Å². The number of rotatable bonds is 5. The third-order valence-corrected chi connectivity index (χ3v) is 4.48. The van der Waals surface area contributed by atoms with Gasteiger partial charge in [-0.15, -0.1) is 0 Å². The lowest BCUT2D eigenvalue weighted by Gasteiger charge is -2.45. The molecule has 0 radical (unpaired) electrons. The highest BCUT2D eigenvalue weighted by molar-refractivity contribution is 5.75. The van der Waals surface area contributed by atoms with E-state index >= 15 is 0 Å². The first-order valence-electron chi connectivity index (χ1n) is 9.17. The molecule has 0 spiro atoms. The molecule has 1 fully saturated rings. The summed E-state index contributed by atoms with van der Waals surface area (Å²) in [5, 5.41) is 3.48. The molecule has 1 saturated heterocycles. The number of ether oxygens (including phenoxy) is 2. The average Bonchev–Trinajstić information content (AvgIpc) is 2.44. The minimum absolute atomic E-state index is 0.133. The van der Waals surface area contributed by atoms with E-state index < -0.39 is 5.60 Å². The van der Waals surface area contributed by atoms with Gasteiger partial charge in [0, 0.05) is 19.1 Å². The molecule has 6 nitrogen and oxygen atoms in total. The predicted octanol–water partition coefficient (Wildman–Crippen LogP) is 3.20. The van der Waals surface area contributed by atoms with Crippen molar-refractivity contribution in [3.63, 3.8) is 0 Å². The van der Waals surface area contributed by atoms with Crippen molar-refractivity contribution in [2.24, 2.45) is 11.3 Å². The molecule has 0 aromatic rings. The number of carbonyl (C=O) groups is 2. The Hall–Kier alpha value is -1.30. The van der Waals surface area contributed by atoms with Crippen molar-refractivity contribution in [2.45, 2.75) is 79.0 Å². The molecule has 0 aliphatic carbocycles. The molecule has 0 aromatic heterocycles. The van der Waals surface area contributed by atoms with E-state index in [4.69, 9.17) is 9.47 Å². The first-order chi connectivity index (χ1) is 11.4. The molecule has 1 amide bonds. The molecule has 0 aromatic carbocycles. The fraction of sp³-hybridized carbons (Fsp3) is 0.895. The number of methoxy groups -OCH3 is 1. The first kappa shape index (κ1) is 21.7. The van der Waals surface area contributed by atoms with Crippen LogP contribution in [-0.2, 0) is 14.3 Å². The van der Waals surface area contributed by atoms with E-state index in [2.05, 4.69) is 33.0 Å². The SMILES string of the molecule is COC(=O)C(CC(C)C)NC1CCN(C(=O)OC(C)(C)C)CC1(C)C. The monoisotopic (exact) mass is 356 g/mol. The lowest BCUT2D eigenvalue weighted by Crippen LogP contribution is -2.59. The maximum Gasteiger partial charge on any atom is 0.410 e. The largest absolute Gasteiger partial charge is 0.468 e. The number of carbonyl (C=O) groups excluding carboxylic acids is 2. The number of hydrogen-bond donors (Lipinski definition) is 1. The molecule has 2 unspecified atom stereocenters. The highest BCUT2D eigenvalue weighted by Crippen LogP contribution is 2.31. The van der Waals surface area contributed by atoms with Gasteiger partial charge in [0.25, 0.3) is 0 Å². The smallest absolute Gasteiger partial charge is 0.410 e. The molecule has 1 rings (SSSR count). The van der Waals surface area contributed by atoms with E-state index in [1.54, 1.807) is 4.90 Å². The van der Waals surface area contributed by atoms with Gasteiger partial charge in [-0.2, -0.15) is 0 Å². The third-order valence-electron chi connectivity index (χ3n) is 4.48. The number of hydrogen-bond acceptors (Lipinski definition) is 5. The Bertz CT molecular complexity index is 469. The third kappa shape index (κ3) is 6.84. The average molecular weight is 357 g/mol. The maximum absolute atomic E-state index is 12.3. The van der Waals surface area contributed by atoms with E-state index in [9.17, 15) is 9.59 Å². The number of nitrogens with one attached hydrogen (secondary N) is 1. The lowest BCUT2D eigenvalue weighted by molar-refractivity contribution is -0.144. The summed E-state index contributed by atoms with van der Waals surface area (Å²) in [5.41, 5.74) is -0.665. The number of amides is 1. The summed E-state index contributed by atoms with van der Waals surface area (Å²) in [6.07, 6.45) is 1.23. The second-order valence-electron chi connectivity index (χ2n) is 9.10. The van der Waals surface area contributed by atoms with E-state index in [0.29, 0.717) is 19.0 Å². The molecular weight excluding hydrogens is 320 g/mol. The minimum atomic E-state index is -0.496. The molecule has 1 N–H and O–H groups in total. The van der Waals surface area contributed by atoms with Gasteiger partial charge >= 0.3 is 12.1 Å². The van der Waals surface area contributed by atoms with Gasteiger partial charge in [0.1, 0.15) is 11.6 Å². The van der Waals surface area contributed by atoms with Crippen LogP contribution in [0.4, 0.5) is 4.79 Å². The Labute approximate surface area is 152 Å². The summed E-state index contributed by atoms with van der Waals surface area (Å²) < 4.78 is 10.4. The van der Waals surface area contributed by atoms with Crippen LogP contribution in [0.25, 0.3) is 0 Å². The van der Waals surface area contributed by atoms with Crippen molar-refractivity contribution in [1.29, 1.82) is 0 Å². The van der Waals surface area contributed by atoms with Gasteiger partial charge in [0.2, 0.25) is 0 Å². The molecule has 6 heteroatoms. The van der Waals surface area contributed by atoms with Crippen molar-refractivity contribution < 1.29 is 19.1 Å². The normalized spacial score (nSPS) is 21.8. The second-order valence-corrected chi connectivity index (χ2v) is 9.10. The molecule has 1 aliphatic rings. The van der Waals surface area contributed by atoms with Gasteiger partial charge in [-0.1, -0.05) is 27.7 Å². The first-order valence-corrected chi connectivity index (χ1v) is 9.17. The zero-order valence-corrected chi connectivity index (χ0v) is 17.1. The molecule has 1 heterocycles. The van der Waals surface area contributed by atoms with Crippen LogP contribution in [0, 0.1) is 11.3 Å². The zero-order chi connectivity index (χ0) is 19.4. The Kier molecular flexibility index (Phi) is 7.29. The summed E-state index contributed by atoms with van der Waals surface area (Å²) in [4.78, 5) is 26.2. The Balaban J connectivity index is 2.75. The van der Waals surface area contributed by atoms with Crippen LogP contribution in [0.2, 0.25) is 0 Å². The van der Waals surface area contributed by atoms with Crippen molar-refractivity contribution in [3.8, 4) is 0 Å². The summed E-state index contributed by atoms with van der Waals surface area (Å²) in [7, 11) is 1.42. The molecule has 2 atom stereocenters. The van der Waals surface area contributed by atoms with Gasteiger partial charge in [-0.3, -0.25) is 4.79 Å². The van der Waals surface area contributed by atoms with Crippen molar-refractivity contribution >= 4 is 12.1 Å². The van der Waals surface area contributed by atoms with Crippen LogP contribution >= 0.6 is 0 Å². The highest BCUT2D eigenvalue weighted by atomic mass is 16.6. The maximum atomic E-state index is 12.3. The summed E-state index contributed by atoms with van der Waals surface area (Å²) in [6.45, 7) is 15.2. The van der Waals surface area contributed by atoms with Crippen LogP contribution in [0.15, 0.2) is 0 Å². The highest BCUT2D eigenvalue weighted by Gasteiger charge is 2.40. The van der Waals surface area contributed by atoms with Crippen LogP contribution in [-0.4, -0.2) is 54.8 Å². The summed E-state index contributed by atoms with van der Waals surface area (Å²) in [6, 6.07) is -0.184. The van der Waals surface area contributed by atoms with Gasteiger partial charge in [0.15, 0.2) is 0 Å².